The molecule has 7 nitrogen and oxygen atoms in total. The molecular weight excluding hydrogens is 286 g/mol. The number of quaternary nitrogens is 1. The van der Waals surface area contributed by atoms with Gasteiger partial charge in [-0.15, -0.1) is 0 Å². The van der Waals surface area contributed by atoms with Crippen LogP contribution in [0, 0.1) is 0 Å². The number of rotatable bonds is 6. The monoisotopic (exact) mass is 308 g/mol. The number of hydrogen-bond donors (Lipinski definition) is 2. The summed E-state index contributed by atoms with van der Waals surface area (Å²) in [7, 11) is 6.45. The molecule has 1 atom stereocenters. The Labute approximate surface area is 129 Å². The quantitative estimate of drug-likeness (QED) is 0.662. The van der Waals surface area contributed by atoms with Crippen molar-refractivity contribution in [3.05, 3.63) is 29.8 Å². The summed E-state index contributed by atoms with van der Waals surface area (Å²) >= 11 is 0. The Hall–Kier alpha value is -2.41. The third kappa shape index (κ3) is 5.53. The summed E-state index contributed by atoms with van der Waals surface area (Å²) < 4.78 is 4.60. The lowest BCUT2D eigenvalue weighted by Gasteiger charge is -2.16. The standard InChI is InChI=1S/C15H21N3O4/c1-17(2)14(20)10-18(3)9-13(19)16-12-7-5-11(6-8-12)15(21)22-4/h5-8H,9-10H2,1-4H3,(H,16,19)/p+1. The molecule has 1 unspecified atom stereocenters. The van der Waals surface area contributed by atoms with Crippen molar-refractivity contribution in [2.45, 2.75) is 0 Å². The molecule has 1 aromatic carbocycles. The van der Waals surface area contributed by atoms with Crippen molar-refractivity contribution in [3.63, 3.8) is 0 Å². The number of hydrogen-bond acceptors (Lipinski definition) is 4. The van der Waals surface area contributed by atoms with Crippen LogP contribution in [0.25, 0.3) is 0 Å². The van der Waals surface area contributed by atoms with Gasteiger partial charge in [0.2, 0.25) is 0 Å². The highest BCUT2D eigenvalue weighted by Gasteiger charge is 2.15. The topological polar surface area (TPSA) is 80.1 Å². The average molecular weight is 308 g/mol. The lowest BCUT2D eigenvalue weighted by atomic mass is 10.2. The molecule has 0 aromatic heterocycles. The number of anilines is 1. The molecule has 7 heteroatoms. The van der Waals surface area contributed by atoms with Gasteiger partial charge in [0.1, 0.15) is 0 Å². The largest absolute Gasteiger partial charge is 0.465 e. The van der Waals surface area contributed by atoms with E-state index < -0.39 is 5.97 Å². The van der Waals surface area contributed by atoms with E-state index in [-0.39, 0.29) is 24.9 Å². The summed E-state index contributed by atoms with van der Waals surface area (Å²) in [5, 5.41) is 2.72. The van der Waals surface area contributed by atoms with Gasteiger partial charge in [-0.25, -0.2) is 4.79 Å². The first kappa shape index (κ1) is 17.6. The van der Waals surface area contributed by atoms with E-state index in [4.69, 9.17) is 0 Å². The van der Waals surface area contributed by atoms with Gasteiger partial charge in [-0.2, -0.15) is 0 Å². The van der Waals surface area contributed by atoms with Crippen molar-refractivity contribution in [1.29, 1.82) is 0 Å². The summed E-state index contributed by atoms with van der Waals surface area (Å²) in [5.41, 5.74) is 1.00. The van der Waals surface area contributed by atoms with E-state index in [9.17, 15) is 14.4 Å². The first-order chi connectivity index (χ1) is 10.3. The number of carbonyl (C=O) groups is 3. The molecule has 0 aliphatic carbocycles. The van der Waals surface area contributed by atoms with Gasteiger partial charge in [0, 0.05) is 19.8 Å². The molecule has 1 aromatic rings. The van der Waals surface area contributed by atoms with Gasteiger partial charge in [-0.05, 0) is 24.3 Å². The zero-order valence-electron chi connectivity index (χ0n) is 13.3. The number of methoxy groups -OCH3 is 1. The fourth-order valence-corrected chi connectivity index (χ4v) is 1.77. The summed E-state index contributed by atoms with van der Waals surface area (Å²) in [4.78, 5) is 37.0. The maximum Gasteiger partial charge on any atom is 0.337 e. The Kier molecular flexibility index (Phi) is 6.52. The smallest absolute Gasteiger partial charge is 0.337 e. The Morgan fingerprint density at radius 1 is 1.14 bits per heavy atom. The molecule has 1 rings (SSSR count). The maximum atomic E-state index is 11.9. The number of nitrogens with zero attached hydrogens (tertiary/aromatic N) is 1. The van der Waals surface area contributed by atoms with E-state index >= 15 is 0 Å². The molecule has 120 valence electrons. The van der Waals surface area contributed by atoms with Gasteiger partial charge in [0.25, 0.3) is 11.8 Å². The van der Waals surface area contributed by atoms with Crippen molar-refractivity contribution in [3.8, 4) is 0 Å². The lowest BCUT2D eigenvalue weighted by Crippen LogP contribution is -3.11. The maximum absolute atomic E-state index is 11.9. The molecule has 2 amide bonds. The van der Waals surface area contributed by atoms with Gasteiger partial charge >= 0.3 is 5.97 Å². The minimum Gasteiger partial charge on any atom is -0.465 e. The van der Waals surface area contributed by atoms with E-state index in [1.54, 1.807) is 45.4 Å². The Morgan fingerprint density at radius 3 is 2.23 bits per heavy atom. The summed E-state index contributed by atoms with van der Waals surface area (Å²) in [6.45, 7) is 0.431. The highest BCUT2D eigenvalue weighted by Crippen LogP contribution is 2.09. The minimum absolute atomic E-state index is 0.0345. The number of nitrogens with one attached hydrogen (secondary N) is 2. The van der Waals surface area contributed by atoms with Crippen LogP contribution in [0.4, 0.5) is 5.69 Å². The number of benzene rings is 1. The van der Waals surface area contributed by atoms with Crippen LogP contribution in [0.5, 0.6) is 0 Å². The van der Waals surface area contributed by atoms with Crippen molar-refractivity contribution in [2.75, 3.05) is 46.7 Å². The molecule has 2 N–H and O–H groups in total. The van der Waals surface area contributed by atoms with Gasteiger partial charge in [0.15, 0.2) is 13.1 Å². The highest BCUT2D eigenvalue weighted by molar-refractivity contribution is 5.93. The summed E-state index contributed by atoms with van der Waals surface area (Å²) in [6, 6.07) is 6.41. The molecule has 0 saturated carbocycles. The van der Waals surface area contributed by atoms with Crippen molar-refractivity contribution in [2.24, 2.45) is 0 Å². The van der Waals surface area contributed by atoms with Crippen LogP contribution in [0.1, 0.15) is 10.4 Å². The molecular formula is C15H22N3O4+. The Bertz CT molecular complexity index is 540. The number of esters is 1. The van der Waals surface area contributed by atoms with Crippen LogP contribution in [0.15, 0.2) is 24.3 Å². The van der Waals surface area contributed by atoms with Gasteiger partial charge in [-0.3, -0.25) is 9.59 Å². The molecule has 0 bridgehead atoms. The van der Waals surface area contributed by atoms with E-state index in [1.807, 2.05) is 0 Å². The van der Waals surface area contributed by atoms with Crippen molar-refractivity contribution in [1.82, 2.24) is 4.90 Å². The molecule has 0 heterocycles. The van der Waals surface area contributed by atoms with Crippen LogP contribution in [-0.4, -0.2) is 64.0 Å². The predicted molar refractivity (Wildman–Crippen MR) is 81.7 cm³/mol. The van der Waals surface area contributed by atoms with Crippen molar-refractivity contribution < 1.29 is 24.0 Å². The molecule has 0 aliphatic rings. The number of ether oxygens (including phenoxy) is 1. The first-order valence-corrected chi connectivity index (χ1v) is 6.83. The Balaban J connectivity index is 2.51. The minimum atomic E-state index is -0.427. The number of carbonyl (C=O) groups excluding carboxylic acids is 3. The first-order valence-electron chi connectivity index (χ1n) is 6.83. The van der Waals surface area contributed by atoms with Crippen LogP contribution in [-0.2, 0) is 14.3 Å². The van der Waals surface area contributed by atoms with Crippen LogP contribution in [0.3, 0.4) is 0 Å². The molecule has 0 aliphatic heterocycles. The average Bonchev–Trinajstić information content (AvgIpc) is 2.46. The van der Waals surface area contributed by atoms with E-state index in [1.165, 1.54) is 12.0 Å². The highest BCUT2D eigenvalue weighted by atomic mass is 16.5. The second-order valence-corrected chi connectivity index (χ2v) is 5.22. The third-order valence-corrected chi connectivity index (χ3v) is 3.00. The molecule has 0 radical (unpaired) electrons. The SMILES string of the molecule is COC(=O)c1ccc(NC(=O)C[NH+](C)CC(=O)N(C)C)cc1. The van der Waals surface area contributed by atoms with E-state index in [0.29, 0.717) is 11.3 Å². The van der Waals surface area contributed by atoms with E-state index in [0.717, 1.165) is 4.90 Å². The predicted octanol–water partition coefficient (Wildman–Crippen LogP) is -0.985. The van der Waals surface area contributed by atoms with Gasteiger partial charge in [0.05, 0.1) is 19.7 Å². The van der Waals surface area contributed by atoms with Gasteiger partial charge in [-0.1, -0.05) is 0 Å². The fraction of sp³-hybridized carbons (Fsp3) is 0.400. The normalized spacial score (nSPS) is 11.5. The second kappa shape index (κ2) is 8.14. The molecule has 0 spiro atoms. The van der Waals surface area contributed by atoms with Crippen LogP contribution >= 0.6 is 0 Å². The molecule has 0 saturated heterocycles. The number of likely N-dealkylation sites (N-methyl/N-ethyl adjacent to an activating group) is 2. The molecule has 0 fully saturated rings. The molecule has 22 heavy (non-hydrogen) atoms. The lowest BCUT2D eigenvalue weighted by molar-refractivity contribution is -0.862. The fourth-order valence-electron chi connectivity index (χ4n) is 1.77. The van der Waals surface area contributed by atoms with Crippen molar-refractivity contribution >= 4 is 23.5 Å². The number of amides is 2. The summed E-state index contributed by atoms with van der Waals surface area (Å²) in [6.07, 6.45) is 0. The van der Waals surface area contributed by atoms with Crippen LogP contribution < -0.4 is 10.2 Å². The third-order valence-electron chi connectivity index (χ3n) is 3.00. The van der Waals surface area contributed by atoms with Crippen LogP contribution in [0.2, 0.25) is 0 Å². The zero-order valence-corrected chi connectivity index (χ0v) is 13.3. The van der Waals surface area contributed by atoms with E-state index in [2.05, 4.69) is 10.1 Å². The Morgan fingerprint density at radius 2 is 1.73 bits per heavy atom. The second-order valence-electron chi connectivity index (χ2n) is 5.22. The zero-order chi connectivity index (χ0) is 16.7. The van der Waals surface area contributed by atoms with Gasteiger partial charge < -0.3 is 19.9 Å². The summed E-state index contributed by atoms with van der Waals surface area (Å²) in [5.74, 6) is -0.660.